The van der Waals surface area contributed by atoms with Crippen molar-refractivity contribution in [1.29, 1.82) is 0 Å². The molecule has 0 spiro atoms. The van der Waals surface area contributed by atoms with Gasteiger partial charge >= 0.3 is 6.18 Å². The maximum Gasteiger partial charge on any atom is 0.401 e. The van der Waals surface area contributed by atoms with Gasteiger partial charge in [0.15, 0.2) is 0 Å². The lowest BCUT2D eigenvalue weighted by Gasteiger charge is -2.52. The fourth-order valence-electron chi connectivity index (χ4n) is 5.11. The number of alkyl halides is 3. The quantitative estimate of drug-likeness (QED) is 0.342. The molecule has 0 bridgehead atoms. The number of rotatable bonds is 9. The molecule has 190 valence electrons. The van der Waals surface area contributed by atoms with E-state index in [0.29, 0.717) is 29.3 Å². The highest BCUT2D eigenvalue weighted by molar-refractivity contribution is 6.30. The van der Waals surface area contributed by atoms with Crippen LogP contribution in [0.15, 0.2) is 61.2 Å². The summed E-state index contributed by atoms with van der Waals surface area (Å²) in [7, 11) is 0. The van der Waals surface area contributed by atoms with Crippen LogP contribution in [-0.2, 0) is 4.79 Å². The summed E-state index contributed by atoms with van der Waals surface area (Å²) in [6.45, 7) is 6.57. The Labute approximate surface area is 215 Å². The minimum Gasteiger partial charge on any atom is -0.330 e. The third-order valence-corrected chi connectivity index (χ3v) is 7.24. The summed E-state index contributed by atoms with van der Waals surface area (Å²) in [4.78, 5) is 15.9. The van der Waals surface area contributed by atoms with Crippen LogP contribution >= 0.6 is 23.2 Å². The van der Waals surface area contributed by atoms with Gasteiger partial charge in [0.2, 0.25) is 5.91 Å². The number of piperidine rings is 1. The van der Waals surface area contributed by atoms with Gasteiger partial charge in [0.1, 0.15) is 0 Å². The van der Waals surface area contributed by atoms with Crippen molar-refractivity contribution in [3.05, 3.63) is 82.4 Å². The number of allylic oxidation sites excluding steroid dienone is 1. The number of carbonyl (C=O) groups is 1. The SMILES string of the molecule is C=CC[C@@]1(C)C[C@H](c2cccc(Cl)c2)[C@@H](c2ccc(Cl)cc2)N(C(CC)CNCC(F)(F)F)C1=O. The Hall–Kier alpha value is -2.02. The maximum atomic E-state index is 14.1. The Bertz CT molecular complexity index is 1030. The van der Waals surface area contributed by atoms with Crippen molar-refractivity contribution in [2.24, 2.45) is 5.41 Å². The second-order valence-corrected chi connectivity index (χ2v) is 10.3. The van der Waals surface area contributed by atoms with Crippen molar-refractivity contribution in [1.82, 2.24) is 10.2 Å². The van der Waals surface area contributed by atoms with Gasteiger partial charge in [-0.05, 0) is 54.7 Å². The van der Waals surface area contributed by atoms with Gasteiger partial charge in [0.05, 0.1) is 18.0 Å². The van der Waals surface area contributed by atoms with Crippen LogP contribution in [0.4, 0.5) is 13.2 Å². The minimum absolute atomic E-state index is 0.0261. The summed E-state index contributed by atoms with van der Waals surface area (Å²) >= 11 is 12.5. The molecule has 1 N–H and O–H groups in total. The maximum absolute atomic E-state index is 14.1. The van der Waals surface area contributed by atoms with E-state index in [1.165, 1.54) is 0 Å². The van der Waals surface area contributed by atoms with Gasteiger partial charge in [-0.1, -0.05) is 67.4 Å². The number of nitrogens with zero attached hydrogens (tertiary/aromatic N) is 1. The smallest absolute Gasteiger partial charge is 0.330 e. The van der Waals surface area contributed by atoms with Crippen LogP contribution in [0, 0.1) is 5.41 Å². The van der Waals surface area contributed by atoms with Crippen molar-refractivity contribution < 1.29 is 18.0 Å². The zero-order valence-corrected chi connectivity index (χ0v) is 21.4. The van der Waals surface area contributed by atoms with Crippen LogP contribution < -0.4 is 5.32 Å². The number of hydrogen-bond acceptors (Lipinski definition) is 2. The first-order valence-corrected chi connectivity index (χ1v) is 12.5. The molecule has 0 radical (unpaired) electrons. The topological polar surface area (TPSA) is 32.3 Å². The van der Waals surface area contributed by atoms with Crippen molar-refractivity contribution in [2.75, 3.05) is 13.1 Å². The fourth-order valence-corrected chi connectivity index (χ4v) is 5.43. The summed E-state index contributed by atoms with van der Waals surface area (Å²) in [6.07, 6.45) is -1.10. The van der Waals surface area contributed by atoms with Crippen LogP contribution in [-0.4, -0.2) is 36.1 Å². The number of nitrogens with one attached hydrogen (secondary N) is 1. The second-order valence-electron chi connectivity index (χ2n) is 9.44. The summed E-state index contributed by atoms with van der Waals surface area (Å²) in [5, 5.41) is 3.67. The van der Waals surface area contributed by atoms with Crippen LogP contribution in [0.3, 0.4) is 0 Å². The van der Waals surface area contributed by atoms with E-state index in [-0.39, 0.29) is 18.4 Å². The van der Waals surface area contributed by atoms with E-state index in [4.69, 9.17) is 23.2 Å². The van der Waals surface area contributed by atoms with Gasteiger partial charge in [-0.3, -0.25) is 4.79 Å². The van der Waals surface area contributed by atoms with Gasteiger partial charge < -0.3 is 10.2 Å². The molecular weight excluding hydrogens is 496 g/mol. The summed E-state index contributed by atoms with van der Waals surface area (Å²) in [5.41, 5.74) is 1.10. The Kier molecular flexibility index (Phi) is 8.95. The number of hydrogen-bond donors (Lipinski definition) is 1. The van der Waals surface area contributed by atoms with Crippen molar-refractivity contribution in [3.63, 3.8) is 0 Å². The van der Waals surface area contributed by atoms with E-state index in [2.05, 4.69) is 11.9 Å². The monoisotopic (exact) mass is 526 g/mol. The van der Waals surface area contributed by atoms with E-state index >= 15 is 0 Å². The van der Waals surface area contributed by atoms with E-state index in [0.717, 1.165) is 11.1 Å². The molecule has 1 amide bonds. The largest absolute Gasteiger partial charge is 0.401 e. The average molecular weight is 527 g/mol. The lowest BCUT2D eigenvalue weighted by atomic mass is 9.67. The van der Waals surface area contributed by atoms with Crippen molar-refractivity contribution in [3.8, 4) is 0 Å². The van der Waals surface area contributed by atoms with Crippen LogP contribution in [0.25, 0.3) is 0 Å². The van der Waals surface area contributed by atoms with Gasteiger partial charge in [-0.2, -0.15) is 13.2 Å². The highest BCUT2D eigenvalue weighted by Crippen LogP contribution is 2.52. The molecule has 1 fully saturated rings. The molecule has 8 heteroatoms. The van der Waals surface area contributed by atoms with Gasteiger partial charge in [0, 0.05) is 28.5 Å². The van der Waals surface area contributed by atoms with Crippen LogP contribution in [0.1, 0.15) is 56.2 Å². The van der Waals surface area contributed by atoms with Gasteiger partial charge in [-0.15, -0.1) is 6.58 Å². The lowest BCUT2D eigenvalue weighted by molar-refractivity contribution is -0.154. The summed E-state index contributed by atoms with van der Waals surface area (Å²) < 4.78 is 38.6. The Morgan fingerprint density at radius 3 is 2.43 bits per heavy atom. The molecule has 3 nitrogen and oxygen atoms in total. The normalized spacial score (nSPS) is 23.9. The molecule has 4 atom stereocenters. The van der Waals surface area contributed by atoms with E-state index < -0.39 is 30.2 Å². The first kappa shape index (κ1) is 27.6. The number of benzene rings is 2. The lowest BCUT2D eigenvalue weighted by Crippen LogP contribution is -2.57. The molecule has 2 aromatic rings. The molecule has 1 saturated heterocycles. The zero-order valence-electron chi connectivity index (χ0n) is 19.9. The molecule has 0 saturated carbocycles. The molecule has 35 heavy (non-hydrogen) atoms. The first-order chi connectivity index (χ1) is 16.5. The number of halogens is 5. The van der Waals surface area contributed by atoms with Crippen LogP contribution in [0.2, 0.25) is 10.0 Å². The Morgan fingerprint density at radius 2 is 1.86 bits per heavy atom. The zero-order chi connectivity index (χ0) is 25.8. The summed E-state index contributed by atoms with van der Waals surface area (Å²) in [5.74, 6) is -0.217. The third-order valence-electron chi connectivity index (χ3n) is 6.76. The molecule has 1 aliphatic heterocycles. The van der Waals surface area contributed by atoms with E-state index in [1.807, 2.05) is 44.2 Å². The first-order valence-electron chi connectivity index (χ1n) is 11.7. The van der Waals surface area contributed by atoms with E-state index in [9.17, 15) is 18.0 Å². The molecular formula is C27H31Cl2F3N2O. The number of likely N-dealkylation sites (tertiary alicyclic amines) is 1. The van der Waals surface area contributed by atoms with Crippen LogP contribution in [0.5, 0.6) is 0 Å². The number of amides is 1. The second kappa shape index (κ2) is 11.4. The minimum atomic E-state index is -4.33. The predicted octanol–water partition coefficient (Wildman–Crippen LogP) is 7.56. The van der Waals surface area contributed by atoms with Crippen molar-refractivity contribution in [2.45, 2.75) is 57.3 Å². The highest BCUT2D eigenvalue weighted by Gasteiger charge is 2.50. The molecule has 0 aromatic heterocycles. The predicted molar refractivity (Wildman–Crippen MR) is 136 cm³/mol. The molecule has 1 heterocycles. The highest BCUT2D eigenvalue weighted by atomic mass is 35.5. The fraction of sp³-hybridized carbons (Fsp3) is 0.444. The molecule has 3 rings (SSSR count). The molecule has 1 aliphatic rings. The Balaban J connectivity index is 2.13. The van der Waals surface area contributed by atoms with E-state index in [1.54, 1.807) is 29.2 Å². The standard InChI is InChI=1S/C27H31Cl2F3N2O/c1-4-13-26(3)15-23(19-7-6-8-21(29)14-19)24(18-9-11-20(28)12-10-18)34(25(26)35)22(5-2)16-33-17-27(30,31)32/h4,6-12,14,22-24,33H,1,5,13,15-17H2,2-3H3/t22?,23-,24-,26+/m1/s1. The molecule has 2 aromatic carbocycles. The number of carbonyl (C=O) groups excluding carboxylic acids is 1. The third kappa shape index (κ3) is 6.60. The Morgan fingerprint density at radius 1 is 1.17 bits per heavy atom. The summed E-state index contributed by atoms with van der Waals surface area (Å²) in [6, 6.07) is 14.0. The van der Waals surface area contributed by atoms with Gasteiger partial charge in [-0.25, -0.2) is 0 Å². The van der Waals surface area contributed by atoms with Crippen molar-refractivity contribution >= 4 is 29.1 Å². The average Bonchev–Trinajstić information content (AvgIpc) is 2.79. The van der Waals surface area contributed by atoms with Gasteiger partial charge in [0.25, 0.3) is 0 Å². The molecule has 0 aliphatic carbocycles. The molecule has 1 unspecified atom stereocenters.